The first-order chi connectivity index (χ1) is 34.3. The van der Waals surface area contributed by atoms with Crippen LogP contribution in [0.2, 0.25) is 10.0 Å². The summed E-state index contributed by atoms with van der Waals surface area (Å²) in [6.45, 7) is 13.2. The zero-order chi connectivity index (χ0) is 50.2. The van der Waals surface area contributed by atoms with Crippen molar-refractivity contribution in [3.05, 3.63) is 125 Å². The predicted molar refractivity (Wildman–Crippen MR) is 272 cm³/mol. The molecule has 2 amide bonds. The van der Waals surface area contributed by atoms with Crippen LogP contribution in [0.3, 0.4) is 0 Å². The maximum absolute atomic E-state index is 13.6. The molecule has 374 valence electrons. The highest BCUT2D eigenvalue weighted by molar-refractivity contribution is 7.17. The van der Waals surface area contributed by atoms with Crippen molar-refractivity contribution in [3.8, 4) is 10.0 Å². The lowest BCUT2D eigenvalue weighted by molar-refractivity contribution is -0.141. The molecule has 2 aromatic carbocycles. The summed E-state index contributed by atoms with van der Waals surface area (Å²) in [5.41, 5.74) is 6.70. The Morgan fingerprint density at radius 1 is 0.592 bits per heavy atom. The lowest BCUT2D eigenvalue weighted by Gasteiger charge is -2.13. The fourth-order valence-electron chi connectivity index (χ4n) is 8.20. The number of halogens is 2. The summed E-state index contributed by atoms with van der Waals surface area (Å²) in [4.78, 5) is 51.2. The van der Waals surface area contributed by atoms with Gasteiger partial charge in [-0.1, -0.05) is 47.5 Å². The Kier molecular flexibility index (Phi) is 17.2. The van der Waals surface area contributed by atoms with Gasteiger partial charge in [0.05, 0.1) is 89.1 Å². The molecule has 0 spiro atoms. The molecular formula is C49H54Cl2N10O8S2. The van der Waals surface area contributed by atoms with Crippen LogP contribution in [0.25, 0.3) is 10.0 Å². The quantitative estimate of drug-likeness (QED) is 0.0513. The SMILES string of the molecule is COC(=O)CC1N=C(c2ccc(Cl)cc2)c2c(sc(C(=O)NCCOCCOCCOCCOCCNC(=O)CC3N=C(c4ccc(Cl)cc4)c4c(sc(C)c4C)-n4c(C)nnc43)c2C)-n2c(C)nnc21. The Balaban J connectivity index is 0.719. The third-order valence-electron chi connectivity index (χ3n) is 11.9. The minimum absolute atomic E-state index is 0.0362. The van der Waals surface area contributed by atoms with E-state index >= 15 is 0 Å². The van der Waals surface area contributed by atoms with Crippen LogP contribution in [0.5, 0.6) is 0 Å². The molecule has 18 nitrogen and oxygen atoms in total. The molecule has 2 atom stereocenters. The molecule has 2 aliphatic heterocycles. The number of thiophene rings is 2. The summed E-state index contributed by atoms with van der Waals surface area (Å²) in [6.07, 6.45) is 0.0514. The normalized spacial score (nSPS) is 14.9. The van der Waals surface area contributed by atoms with Crippen LogP contribution in [0.15, 0.2) is 58.5 Å². The standard InChI is InChI=1S/C49H54Cl2N10O8S2/c1-27-29(3)70-48-40(27)42(32-7-11-34(50)12-8-32)54-36(45-58-56-30(4)60(45)48)25-38(62)52-15-17-66-19-21-68-23-24-69-22-20-67-18-16-53-47(64)44-28(2)41-43(33-9-13-35(51)14-10-33)55-37(26-39(63)65-6)46-59-57-31(5)61(46)49(41)71-44/h7-14,36-37H,15-26H2,1-6H3,(H,52,62)(H,53,64). The van der Waals surface area contributed by atoms with Gasteiger partial charge in [0.15, 0.2) is 11.6 Å². The molecule has 0 bridgehead atoms. The van der Waals surface area contributed by atoms with Gasteiger partial charge in [-0.05, 0) is 70.0 Å². The van der Waals surface area contributed by atoms with Crippen LogP contribution < -0.4 is 10.6 Å². The average molecular weight is 1050 g/mol. The van der Waals surface area contributed by atoms with Crippen LogP contribution in [-0.2, 0) is 33.3 Å². The lowest BCUT2D eigenvalue weighted by atomic mass is 9.99. The summed E-state index contributed by atoms with van der Waals surface area (Å²) in [6, 6.07) is 13.6. The maximum atomic E-state index is 13.6. The molecule has 2 aliphatic rings. The van der Waals surface area contributed by atoms with E-state index in [9.17, 15) is 14.4 Å². The van der Waals surface area contributed by atoms with Crippen LogP contribution >= 0.6 is 45.9 Å². The van der Waals surface area contributed by atoms with Crippen molar-refractivity contribution in [3.63, 3.8) is 0 Å². The first kappa shape index (κ1) is 51.6. The smallest absolute Gasteiger partial charge is 0.308 e. The summed E-state index contributed by atoms with van der Waals surface area (Å²) < 4.78 is 31.6. The number of nitrogens with zero attached hydrogens (tertiary/aromatic N) is 8. The number of fused-ring (bicyclic) bond motifs is 6. The second-order valence-electron chi connectivity index (χ2n) is 16.6. The number of aromatic nitrogens is 6. The largest absolute Gasteiger partial charge is 0.469 e. The fraction of sp³-hybridized carbons (Fsp3) is 0.408. The molecule has 71 heavy (non-hydrogen) atoms. The van der Waals surface area contributed by atoms with Crippen LogP contribution in [0.1, 0.15) is 96.2 Å². The zero-order valence-corrected chi connectivity index (χ0v) is 43.3. The molecule has 6 aromatic rings. The third kappa shape index (κ3) is 11.8. The predicted octanol–water partition coefficient (Wildman–Crippen LogP) is 7.17. The minimum atomic E-state index is -0.669. The van der Waals surface area contributed by atoms with E-state index in [1.165, 1.54) is 23.3 Å². The molecular weight excluding hydrogens is 992 g/mol. The molecule has 0 radical (unpaired) electrons. The minimum Gasteiger partial charge on any atom is -0.469 e. The van der Waals surface area contributed by atoms with Gasteiger partial charge in [0.25, 0.3) is 5.91 Å². The Hall–Kier alpha value is -5.71. The maximum Gasteiger partial charge on any atom is 0.308 e. The molecule has 0 saturated heterocycles. The van der Waals surface area contributed by atoms with E-state index in [-0.39, 0.29) is 37.8 Å². The highest BCUT2D eigenvalue weighted by Gasteiger charge is 2.35. The average Bonchev–Trinajstić information content (AvgIpc) is 4.06. The number of carbonyl (C=O) groups excluding carboxylic acids is 3. The van der Waals surface area contributed by atoms with Gasteiger partial charge >= 0.3 is 5.97 Å². The number of esters is 1. The second-order valence-corrected chi connectivity index (χ2v) is 19.7. The summed E-state index contributed by atoms with van der Waals surface area (Å²) in [5, 5.41) is 26.4. The Labute approximate surface area is 428 Å². The van der Waals surface area contributed by atoms with Gasteiger partial charge in [0.1, 0.15) is 33.7 Å². The monoisotopic (exact) mass is 1040 g/mol. The molecule has 2 unspecified atom stereocenters. The van der Waals surface area contributed by atoms with E-state index in [0.717, 1.165) is 54.9 Å². The van der Waals surface area contributed by atoms with E-state index in [1.54, 1.807) is 23.5 Å². The second kappa shape index (κ2) is 23.7. The van der Waals surface area contributed by atoms with Gasteiger partial charge in [-0.15, -0.1) is 43.1 Å². The van der Waals surface area contributed by atoms with Crippen molar-refractivity contribution in [2.45, 2.75) is 59.5 Å². The van der Waals surface area contributed by atoms with E-state index in [0.29, 0.717) is 90.9 Å². The van der Waals surface area contributed by atoms with Crippen molar-refractivity contribution < 1.29 is 38.1 Å². The fourth-order valence-corrected chi connectivity index (χ4v) is 10.9. The summed E-state index contributed by atoms with van der Waals surface area (Å²) in [7, 11) is 1.33. The van der Waals surface area contributed by atoms with E-state index in [4.69, 9.17) is 56.9 Å². The van der Waals surface area contributed by atoms with Crippen molar-refractivity contribution >= 4 is 75.1 Å². The van der Waals surface area contributed by atoms with Crippen molar-refractivity contribution in [2.75, 3.05) is 73.1 Å². The van der Waals surface area contributed by atoms with Crippen molar-refractivity contribution in [1.29, 1.82) is 0 Å². The Bertz CT molecular complexity index is 2950. The van der Waals surface area contributed by atoms with E-state index in [1.807, 2.05) is 66.3 Å². The van der Waals surface area contributed by atoms with Crippen molar-refractivity contribution in [2.24, 2.45) is 9.98 Å². The Morgan fingerprint density at radius 3 is 1.55 bits per heavy atom. The van der Waals surface area contributed by atoms with E-state index in [2.05, 4.69) is 44.9 Å². The molecule has 4 aromatic heterocycles. The molecule has 0 saturated carbocycles. The van der Waals surface area contributed by atoms with Crippen molar-refractivity contribution in [1.82, 2.24) is 40.2 Å². The first-order valence-corrected chi connectivity index (χ1v) is 25.4. The number of aliphatic imine (C=N–C) groups is 2. The number of amides is 2. The Morgan fingerprint density at radius 2 is 1.04 bits per heavy atom. The van der Waals surface area contributed by atoms with Crippen LogP contribution in [0.4, 0.5) is 0 Å². The van der Waals surface area contributed by atoms with Crippen LogP contribution in [0, 0.1) is 34.6 Å². The number of aryl methyl sites for hydroxylation is 3. The molecule has 0 aliphatic carbocycles. The van der Waals surface area contributed by atoms with E-state index < -0.39 is 18.1 Å². The number of hydrogen-bond acceptors (Lipinski definition) is 16. The lowest BCUT2D eigenvalue weighted by Crippen LogP contribution is -2.29. The van der Waals surface area contributed by atoms with Gasteiger partial charge in [0, 0.05) is 50.3 Å². The number of benzene rings is 2. The number of carbonyl (C=O) groups is 3. The first-order valence-electron chi connectivity index (χ1n) is 23.0. The highest BCUT2D eigenvalue weighted by atomic mass is 35.5. The van der Waals surface area contributed by atoms with Gasteiger partial charge < -0.3 is 34.3 Å². The van der Waals surface area contributed by atoms with Gasteiger partial charge in [0.2, 0.25) is 5.91 Å². The molecule has 0 fully saturated rings. The van der Waals surface area contributed by atoms with Gasteiger partial charge in [-0.2, -0.15) is 0 Å². The number of hydrogen-bond donors (Lipinski definition) is 2. The number of rotatable bonds is 22. The summed E-state index contributed by atoms with van der Waals surface area (Å²) in [5.74, 6) is 1.56. The van der Waals surface area contributed by atoms with Gasteiger partial charge in [-0.3, -0.25) is 33.5 Å². The zero-order valence-electron chi connectivity index (χ0n) is 40.2. The highest BCUT2D eigenvalue weighted by Crippen LogP contribution is 2.41. The number of ether oxygens (including phenoxy) is 5. The topological polar surface area (TPSA) is 208 Å². The van der Waals surface area contributed by atoms with Gasteiger partial charge in [-0.25, -0.2) is 0 Å². The molecule has 8 rings (SSSR count). The molecule has 22 heteroatoms. The number of nitrogens with one attached hydrogen (secondary N) is 2. The third-order valence-corrected chi connectivity index (χ3v) is 14.8. The molecule has 2 N–H and O–H groups in total. The molecule has 6 heterocycles. The van der Waals surface area contributed by atoms with Crippen LogP contribution in [-0.4, -0.2) is 132 Å². The summed E-state index contributed by atoms with van der Waals surface area (Å²) >= 11 is 15.4. The number of methoxy groups -OCH3 is 1.